The SMILES string of the molecule is CCCCCCCCC/C=C/CC/C=C/CC/C=C/C(O)C(CS(=O)(=O)O)NC(=O)CCCCCCCCCCCC. The van der Waals surface area contributed by atoms with Gasteiger partial charge < -0.3 is 10.4 Å². The van der Waals surface area contributed by atoms with E-state index >= 15 is 0 Å². The van der Waals surface area contributed by atoms with Crippen molar-refractivity contribution in [1.82, 2.24) is 5.32 Å². The minimum Gasteiger partial charge on any atom is -0.387 e. The fraction of sp³-hybridized carbons (Fsp3) is 0.800. The summed E-state index contributed by atoms with van der Waals surface area (Å²) in [5.74, 6) is -1.01. The minimum atomic E-state index is -4.35. The van der Waals surface area contributed by atoms with Crippen molar-refractivity contribution in [3.8, 4) is 0 Å². The number of carbonyl (C=O) groups is 1. The van der Waals surface area contributed by atoms with Crippen LogP contribution in [0.5, 0.6) is 0 Å². The summed E-state index contributed by atoms with van der Waals surface area (Å²) >= 11 is 0. The highest BCUT2D eigenvalue weighted by Gasteiger charge is 2.24. The summed E-state index contributed by atoms with van der Waals surface area (Å²) in [6.45, 7) is 4.47. The summed E-state index contributed by atoms with van der Waals surface area (Å²) in [5.41, 5.74) is 0. The van der Waals surface area contributed by atoms with Crippen molar-refractivity contribution in [2.75, 3.05) is 5.75 Å². The lowest BCUT2D eigenvalue weighted by atomic mass is 10.1. The third-order valence-corrected chi connectivity index (χ3v) is 8.33. The van der Waals surface area contributed by atoms with Crippen molar-refractivity contribution >= 4 is 16.0 Å². The summed E-state index contributed by atoms with van der Waals surface area (Å²) < 4.78 is 32.2. The lowest BCUT2D eigenvalue weighted by Crippen LogP contribution is -2.46. The number of amides is 1. The highest BCUT2D eigenvalue weighted by atomic mass is 32.2. The minimum absolute atomic E-state index is 0.286. The average molecular weight is 612 g/mol. The molecule has 0 aliphatic carbocycles. The number of aliphatic hydroxyl groups excluding tert-OH is 1. The molecule has 2 atom stereocenters. The molecule has 0 radical (unpaired) electrons. The number of hydrogen-bond acceptors (Lipinski definition) is 4. The first-order chi connectivity index (χ1) is 20.3. The first kappa shape index (κ1) is 40.6. The van der Waals surface area contributed by atoms with E-state index in [2.05, 4.69) is 43.5 Å². The molecule has 0 heterocycles. The molecule has 0 saturated heterocycles. The summed E-state index contributed by atoms with van der Waals surface area (Å²) in [7, 11) is -4.35. The van der Waals surface area contributed by atoms with Crippen LogP contribution in [-0.4, -0.2) is 41.9 Å². The maximum absolute atomic E-state index is 12.4. The van der Waals surface area contributed by atoms with Gasteiger partial charge in [0.2, 0.25) is 5.91 Å². The van der Waals surface area contributed by atoms with Crippen LogP contribution in [0.2, 0.25) is 0 Å². The van der Waals surface area contributed by atoms with Crippen molar-refractivity contribution < 1.29 is 22.9 Å². The van der Waals surface area contributed by atoms with Crippen molar-refractivity contribution in [1.29, 1.82) is 0 Å². The van der Waals surface area contributed by atoms with Gasteiger partial charge in [0.1, 0.15) is 0 Å². The zero-order chi connectivity index (χ0) is 31.2. The molecule has 1 amide bonds. The number of allylic oxidation sites excluding steroid dienone is 5. The van der Waals surface area contributed by atoms with E-state index in [0.29, 0.717) is 6.42 Å². The number of aliphatic hydroxyl groups is 1. The normalized spacial score (nSPS) is 13.9. The van der Waals surface area contributed by atoms with Crippen LogP contribution < -0.4 is 5.32 Å². The van der Waals surface area contributed by atoms with Crippen molar-refractivity contribution in [3.05, 3.63) is 36.5 Å². The quantitative estimate of drug-likeness (QED) is 0.0426. The second-order valence-corrected chi connectivity index (χ2v) is 13.3. The molecule has 0 aromatic rings. The Bertz CT molecular complexity index is 806. The van der Waals surface area contributed by atoms with Gasteiger partial charge in [-0.2, -0.15) is 8.42 Å². The Kier molecular flexibility index (Phi) is 28.6. The zero-order valence-corrected chi connectivity index (χ0v) is 27.9. The molecule has 0 aromatic carbocycles. The molecule has 0 aromatic heterocycles. The summed E-state index contributed by atoms with van der Waals surface area (Å²) in [6, 6.07) is -1.07. The van der Waals surface area contributed by atoms with E-state index in [-0.39, 0.29) is 12.3 Å². The lowest BCUT2D eigenvalue weighted by molar-refractivity contribution is -0.122. The fourth-order valence-electron chi connectivity index (χ4n) is 4.95. The van der Waals surface area contributed by atoms with E-state index in [0.717, 1.165) is 38.5 Å². The molecule has 7 heteroatoms. The topological polar surface area (TPSA) is 104 Å². The standard InChI is InChI=1S/C35H65NO5S/c1-3-5-7-9-11-13-15-16-17-18-19-20-21-22-24-26-28-30-34(37)33(32-42(39,40)41)36-35(38)31-29-27-25-23-14-12-10-8-6-4-2/h17-18,21-22,28,30,33-34,37H,3-16,19-20,23-27,29,31-32H2,1-2H3,(H,36,38)(H,39,40,41)/b18-17+,22-21+,30-28+. The van der Waals surface area contributed by atoms with Gasteiger partial charge in [-0.3, -0.25) is 9.35 Å². The molecule has 0 spiro atoms. The van der Waals surface area contributed by atoms with Crippen LogP contribution in [0.3, 0.4) is 0 Å². The van der Waals surface area contributed by atoms with Gasteiger partial charge in [-0.1, -0.05) is 147 Å². The fourth-order valence-corrected chi connectivity index (χ4v) is 5.68. The van der Waals surface area contributed by atoms with E-state index in [1.54, 1.807) is 6.08 Å². The molecule has 0 aliphatic heterocycles. The Balaban J connectivity index is 4.11. The molecule has 0 bridgehead atoms. The first-order valence-electron chi connectivity index (χ1n) is 17.2. The van der Waals surface area contributed by atoms with Gasteiger partial charge in [0.25, 0.3) is 10.1 Å². The predicted octanol–water partition coefficient (Wildman–Crippen LogP) is 9.40. The Morgan fingerprint density at radius 1 is 0.619 bits per heavy atom. The molecular weight excluding hydrogens is 546 g/mol. The molecule has 6 nitrogen and oxygen atoms in total. The number of hydrogen-bond donors (Lipinski definition) is 3. The number of unbranched alkanes of at least 4 members (excludes halogenated alkanes) is 18. The third-order valence-electron chi connectivity index (χ3n) is 7.55. The highest BCUT2D eigenvalue weighted by Crippen LogP contribution is 2.12. The van der Waals surface area contributed by atoms with E-state index < -0.39 is 28.0 Å². The van der Waals surface area contributed by atoms with E-state index in [1.165, 1.54) is 102 Å². The zero-order valence-electron chi connectivity index (χ0n) is 27.1. The number of carbonyl (C=O) groups excluding carboxylic acids is 1. The van der Waals surface area contributed by atoms with Crippen LogP contribution in [0.4, 0.5) is 0 Å². The number of rotatable bonds is 30. The van der Waals surface area contributed by atoms with Gasteiger partial charge in [0.05, 0.1) is 17.9 Å². The van der Waals surface area contributed by atoms with E-state index in [1.807, 2.05) is 0 Å². The molecule has 0 rings (SSSR count). The van der Waals surface area contributed by atoms with Gasteiger partial charge in [0, 0.05) is 6.42 Å². The molecule has 42 heavy (non-hydrogen) atoms. The van der Waals surface area contributed by atoms with Crippen LogP contribution in [0.25, 0.3) is 0 Å². The van der Waals surface area contributed by atoms with Crippen LogP contribution in [0.1, 0.15) is 162 Å². The molecular formula is C35H65NO5S. The van der Waals surface area contributed by atoms with Gasteiger partial charge in [-0.25, -0.2) is 0 Å². The van der Waals surface area contributed by atoms with Crippen LogP contribution >= 0.6 is 0 Å². The van der Waals surface area contributed by atoms with Crippen molar-refractivity contribution in [2.45, 2.75) is 174 Å². The Hall–Kier alpha value is -1.44. The molecule has 246 valence electrons. The van der Waals surface area contributed by atoms with Crippen LogP contribution in [0.15, 0.2) is 36.5 Å². The van der Waals surface area contributed by atoms with Crippen molar-refractivity contribution in [2.24, 2.45) is 0 Å². The van der Waals surface area contributed by atoms with E-state index in [9.17, 15) is 22.9 Å². The third kappa shape index (κ3) is 30.0. The van der Waals surface area contributed by atoms with E-state index in [4.69, 9.17) is 0 Å². The first-order valence-corrected chi connectivity index (χ1v) is 18.8. The van der Waals surface area contributed by atoms with Crippen LogP contribution in [0, 0.1) is 0 Å². The summed E-state index contributed by atoms with van der Waals surface area (Å²) in [5, 5.41) is 13.1. The van der Waals surface area contributed by atoms with Gasteiger partial charge in [-0.05, 0) is 44.9 Å². The summed E-state index contributed by atoms with van der Waals surface area (Å²) in [4.78, 5) is 12.4. The lowest BCUT2D eigenvalue weighted by Gasteiger charge is -2.21. The number of nitrogens with one attached hydrogen (secondary N) is 1. The van der Waals surface area contributed by atoms with Crippen molar-refractivity contribution in [3.63, 3.8) is 0 Å². The molecule has 0 fully saturated rings. The van der Waals surface area contributed by atoms with Gasteiger partial charge in [0.15, 0.2) is 0 Å². The smallest absolute Gasteiger partial charge is 0.267 e. The van der Waals surface area contributed by atoms with Gasteiger partial charge in [-0.15, -0.1) is 0 Å². The molecule has 2 unspecified atom stereocenters. The average Bonchev–Trinajstić information content (AvgIpc) is 2.94. The molecule has 3 N–H and O–H groups in total. The Morgan fingerprint density at radius 2 is 1.02 bits per heavy atom. The summed E-state index contributed by atoms with van der Waals surface area (Å²) in [6.07, 6.45) is 37.0. The molecule has 0 saturated carbocycles. The predicted molar refractivity (Wildman–Crippen MR) is 179 cm³/mol. The monoisotopic (exact) mass is 611 g/mol. The maximum atomic E-state index is 12.4. The largest absolute Gasteiger partial charge is 0.387 e. The highest BCUT2D eigenvalue weighted by molar-refractivity contribution is 7.85. The van der Waals surface area contributed by atoms with Gasteiger partial charge >= 0.3 is 0 Å². The second-order valence-electron chi connectivity index (χ2n) is 11.8. The second kappa shape index (κ2) is 29.6. The Morgan fingerprint density at radius 3 is 1.50 bits per heavy atom. The Labute approximate surface area is 259 Å². The molecule has 0 aliphatic rings. The van der Waals surface area contributed by atoms with Crippen LogP contribution in [-0.2, 0) is 14.9 Å². The maximum Gasteiger partial charge on any atom is 0.267 e.